The number of carbonyl (C=O) groups excluding carboxylic acids is 1. The first-order valence-corrected chi connectivity index (χ1v) is 10.7. The summed E-state index contributed by atoms with van der Waals surface area (Å²) in [7, 11) is 0. The van der Waals surface area contributed by atoms with E-state index in [-0.39, 0.29) is 6.54 Å². The molecule has 1 aromatic carbocycles. The minimum Gasteiger partial charge on any atom is -0.444 e. The van der Waals surface area contributed by atoms with Crippen LogP contribution in [-0.4, -0.2) is 39.5 Å². The Morgan fingerprint density at radius 2 is 1.94 bits per heavy atom. The Bertz CT molecular complexity index is 1030. The highest BCUT2D eigenvalue weighted by atomic mass is 32.1. The Balaban J connectivity index is 1.58. The monoisotopic (exact) mass is 438 g/mol. The van der Waals surface area contributed by atoms with Crippen LogP contribution in [0.4, 0.5) is 9.93 Å². The highest BCUT2D eigenvalue weighted by molar-refractivity contribution is 7.14. The molecule has 0 radical (unpaired) electrons. The Hall–Kier alpha value is -3.23. The Labute approximate surface area is 185 Å². The molecule has 3 rings (SSSR count). The third-order valence-corrected chi connectivity index (χ3v) is 4.76. The predicted molar refractivity (Wildman–Crippen MR) is 125 cm³/mol. The molecule has 0 aliphatic heterocycles. The van der Waals surface area contributed by atoms with Crippen molar-refractivity contribution < 1.29 is 14.6 Å². The second-order valence-corrected chi connectivity index (χ2v) is 8.68. The third kappa shape index (κ3) is 7.51. The standard InChI is InChI=1S/C23H26N4O3S/c1-23(2,3)30-22(29)25-14-20(28)27-21-26-19(15-31-21)18-6-4-5-17(13-18)8-7-16-9-11-24-12-10-16/h4-13,15,20,28H,14H2,1-3H3,(H,25,29)(H,26,27)/b8-7+. The zero-order valence-electron chi connectivity index (χ0n) is 17.7. The number of pyridine rings is 1. The summed E-state index contributed by atoms with van der Waals surface area (Å²) in [5, 5.41) is 18.0. The van der Waals surface area contributed by atoms with E-state index >= 15 is 0 Å². The first kappa shape index (κ1) is 22.5. The summed E-state index contributed by atoms with van der Waals surface area (Å²) >= 11 is 1.38. The maximum atomic E-state index is 11.7. The second kappa shape index (κ2) is 10.2. The van der Waals surface area contributed by atoms with Crippen molar-refractivity contribution in [3.05, 3.63) is 65.3 Å². The van der Waals surface area contributed by atoms with Gasteiger partial charge in [-0.2, -0.15) is 0 Å². The molecule has 2 heterocycles. The zero-order valence-corrected chi connectivity index (χ0v) is 18.5. The van der Waals surface area contributed by atoms with Gasteiger partial charge in [0.2, 0.25) is 0 Å². The number of anilines is 1. The van der Waals surface area contributed by atoms with E-state index in [0.29, 0.717) is 5.13 Å². The minimum atomic E-state index is -0.985. The summed E-state index contributed by atoms with van der Waals surface area (Å²) in [4.78, 5) is 20.2. The first-order chi connectivity index (χ1) is 14.8. The van der Waals surface area contributed by atoms with Gasteiger partial charge in [0.25, 0.3) is 0 Å². The van der Waals surface area contributed by atoms with Crippen molar-refractivity contribution in [3.63, 3.8) is 0 Å². The summed E-state index contributed by atoms with van der Waals surface area (Å²) in [6.45, 7) is 5.34. The molecule has 7 nitrogen and oxygen atoms in total. The van der Waals surface area contributed by atoms with E-state index in [1.807, 2.05) is 47.9 Å². The number of alkyl carbamates (subject to hydrolysis) is 1. The van der Waals surface area contributed by atoms with Gasteiger partial charge in [0.1, 0.15) is 11.8 Å². The molecular formula is C23H26N4O3S. The van der Waals surface area contributed by atoms with E-state index in [4.69, 9.17) is 4.74 Å². The van der Waals surface area contributed by atoms with Crippen molar-refractivity contribution in [1.82, 2.24) is 15.3 Å². The molecule has 1 amide bonds. The molecule has 0 aliphatic rings. The van der Waals surface area contributed by atoms with Crippen LogP contribution >= 0.6 is 11.3 Å². The maximum Gasteiger partial charge on any atom is 0.407 e. The van der Waals surface area contributed by atoms with Crippen molar-refractivity contribution >= 4 is 34.7 Å². The number of aromatic nitrogens is 2. The van der Waals surface area contributed by atoms with E-state index in [1.54, 1.807) is 33.2 Å². The molecule has 162 valence electrons. The lowest BCUT2D eigenvalue weighted by Gasteiger charge is -2.20. The van der Waals surface area contributed by atoms with Gasteiger partial charge in [0.15, 0.2) is 5.13 Å². The number of ether oxygens (including phenoxy) is 1. The average Bonchev–Trinajstić information content (AvgIpc) is 3.19. The predicted octanol–water partition coefficient (Wildman–Crippen LogP) is 4.63. The van der Waals surface area contributed by atoms with Gasteiger partial charge in [0.05, 0.1) is 12.2 Å². The van der Waals surface area contributed by atoms with Crippen molar-refractivity contribution in [1.29, 1.82) is 0 Å². The van der Waals surface area contributed by atoms with Gasteiger partial charge in [-0.3, -0.25) is 4.98 Å². The molecule has 8 heteroatoms. The van der Waals surface area contributed by atoms with Gasteiger partial charge in [0, 0.05) is 23.3 Å². The quantitative estimate of drug-likeness (QED) is 0.466. The van der Waals surface area contributed by atoms with Crippen molar-refractivity contribution in [2.45, 2.75) is 32.6 Å². The highest BCUT2D eigenvalue weighted by Gasteiger charge is 2.17. The van der Waals surface area contributed by atoms with E-state index in [0.717, 1.165) is 22.4 Å². The van der Waals surface area contributed by atoms with Crippen LogP contribution in [-0.2, 0) is 4.74 Å². The molecule has 31 heavy (non-hydrogen) atoms. The van der Waals surface area contributed by atoms with E-state index in [2.05, 4.69) is 26.7 Å². The van der Waals surface area contributed by atoms with Crippen LogP contribution in [0.5, 0.6) is 0 Å². The SMILES string of the molecule is CC(C)(C)OC(=O)NCC(O)Nc1nc(-c2cccc(/C=C/c3ccncc3)c2)cs1. The Morgan fingerprint density at radius 3 is 2.68 bits per heavy atom. The molecule has 0 aliphatic carbocycles. The summed E-state index contributed by atoms with van der Waals surface area (Å²) in [5.41, 5.74) is 3.32. The lowest BCUT2D eigenvalue weighted by atomic mass is 10.1. The number of benzene rings is 1. The molecule has 0 fully saturated rings. The van der Waals surface area contributed by atoms with Crippen LogP contribution < -0.4 is 10.6 Å². The number of amides is 1. The number of thiazole rings is 1. The summed E-state index contributed by atoms with van der Waals surface area (Å²) in [5.74, 6) is 0. The number of aliphatic hydroxyl groups excluding tert-OH is 1. The molecule has 0 saturated heterocycles. The van der Waals surface area contributed by atoms with Crippen molar-refractivity contribution in [3.8, 4) is 11.3 Å². The van der Waals surface area contributed by atoms with E-state index in [1.165, 1.54) is 11.3 Å². The van der Waals surface area contributed by atoms with Gasteiger partial charge in [-0.05, 0) is 50.1 Å². The number of carbonyl (C=O) groups is 1. The Kier molecular flexibility index (Phi) is 7.38. The summed E-state index contributed by atoms with van der Waals surface area (Å²) in [6.07, 6.45) is 6.03. The third-order valence-electron chi connectivity index (χ3n) is 3.99. The fourth-order valence-electron chi connectivity index (χ4n) is 2.63. The average molecular weight is 439 g/mol. The van der Waals surface area contributed by atoms with Crippen LogP contribution in [0, 0.1) is 0 Å². The largest absolute Gasteiger partial charge is 0.444 e. The molecule has 3 aromatic rings. The normalized spacial score (nSPS) is 12.5. The molecule has 0 saturated carbocycles. The van der Waals surface area contributed by atoms with Gasteiger partial charge in [-0.1, -0.05) is 30.4 Å². The lowest BCUT2D eigenvalue weighted by molar-refractivity contribution is 0.0500. The van der Waals surface area contributed by atoms with E-state index < -0.39 is 17.9 Å². The molecule has 0 bridgehead atoms. The van der Waals surface area contributed by atoms with Crippen LogP contribution in [0.3, 0.4) is 0 Å². The molecule has 2 aromatic heterocycles. The van der Waals surface area contributed by atoms with Gasteiger partial charge in [-0.15, -0.1) is 11.3 Å². The van der Waals surface area contributed by atoms with Gasteiger partial charge in [-0.25, -0.2) is 9.78 Å². The highest BCUT2D eigenvalue weighted by Crippen LogP contribution is 2.26. The van der Waals surface area contributed by atoms with Gasteiger partial charge >= 0.3 is 6.09 Å². The molecular weight excluding hydrogens is 412 g/mol. The number of aliphatic hydroxyl groups is 1. The zero-order chi connectivity index (χ0) is 22.3. The van der Waals surface area contributed by atoms with Crippen LogP contribution in [0.1, 0.15) is 31.9 Å². The molecule has 1 atom stereocenters. The number of hydrogen-bond donors (Lipinski definition) is 3. The second-order valence-electron chi connectivity index (χ2n) is 7.82. The summed E-state index contributed by atoms with van der Waals surface area (Å²) < 4.78 is 5.15. The first-order valence-electron chi connectivity index (χ1n) is 9.84. The number of rotatable bonds is 7. The summed E-state index contributed by atoms with van der Waals surface area (Å²) in [6, 6.07) is 11.9. The number of hydrogen-bond acceptors (Lipinski definition) is 7. The van der Waals surface area contributed by atoms with Crippen LogP contribution in [0.25, 0.3) is 23.4 Å². The topological polar surface area (TPSA) is 96.4 Å². The fraction of sp³-hybridized carbons (Fsp3) is 0.261. The van der Waals surface area contributed by atoms with Crippen LogP contribution in [0.15, 0.2) is 54.2 Å². The van der Waals surface area contributed by atoms with E-state index in [9.17, 15) is 9.90 Å². The fourth-order valence-corrected chi connectivity index (χ4v) is 3.40. The smallest absolute Gasteiger partial charge is 0.407 e. The van der Waals surface area contributed by atoms with Crippen molar-refractivity contribution in [2.75, 3.05) is 11.9 Å². The lowest BCUT2D eigenvalue weighted by Crippen LogP contribution is -2.39. The number of nitrogens with zero attached hydrogens (tertiary/aromatic N) is 2. The van der Waals surface area contributed by atoms with Crippen molar-refractivity contribution in [2.24, 2.45) is 0 Å². The minimum absolute atomic E-state index is 0.000880. The molecule has 1 unspecified atom stereocenters. The Morgan fingerprint density at radius 1 is 1.19 bits per heavy atom. The number of nitrogens with one attached hydrogen (secondary N) is 2. The molecule has 0 spiro atoms. The van der Waals surface area contributed by atoms with Gasteiger partial charge < -0.3 is 20.5 Å². The maximum absolute atomic E-state index is 11.7. The molecule has 3 N–H and O–H groups in total. The van der Waals surface area contributed by atoms with Crippen LogP contribution in [0.2, 0.25) is 0 Å².